The van der Waals surface area contributed by atoms with Crippen molar-refractivity contribution in [2.24, 2.45) is 0 Å². The first kappa shape index (κ1) is 25.4. The van der Waals surface area contributed by atoms with Gasteiger partial charge in [0.1, 0.15) is 10.3 Å². The molecule has 0 fully saturated rings. The SMILES string of the molecule is c1cc(-c2cnc3sc4c(-c5cccc6c5sc5ccccc56)cccc4c3n2)cc(-c2cccc3c2sc2ccccc23)c1. The molecule has 0 bridgehead atoms. The van der Waals surface area contributed by atoms with Gasteiger partial charge in [-0.05, 0) is 29.3 Å². The van der Waals surface area contributed by atoms with Crippen LogP contribution in [0.1, 0.15) is 0 Å². The second kappa shape index (κ2) is 9.78. The number of rotatable bonds is 3. The van der Waals surface area contributed by atoms with Crippen molar-refractivity contribution >= 4 is 94.8 Å². The van der Waals surface area contributed by atoms with Crippen LogP contribution in [0.4, 0.5) is 0 Å². The fraction of sp³-hybridized carbons (Fsp3) is 0. The zero-order valence-electron chi connectivity index (χ0n) is 23.8. The number of nitrogens with zero attached hydrogens (tertiary/aromatic N) is 2. The van der Waals surface area contributed by atoms with E-state index in [0.717, 1.165) is 27.0 Å². The maximum Gasteiger partial charge on any atom is 0.143 e. The van der Waals surface area contributed by atoms with E-state index in [9.17, 15) is 0 Å². The van der Waals surface area contributed by atoms with Crippen molar-refractivity contribution in [2.45, 2.75) is 0 Å². The summed E-state index contributed by atoms with van der Waals surface area (Å²) in [5, 5.41) is 6.43. The largest absolute Gasteiger partial charge is 0.243 e. The minimum atomic E-state index is 0.893. The van der Waals surface area contributed by atoms with Crippen molar-refractivity contribution < 1.29 is 0 Å². The first-order chi connectivity index (χ1) is 22.3. The van der Waals surface area contributed by atoms with Crippen LogP contribution in [0, 0.1) is 0 Å². The number of thiophene rings is 3. The van der Waals surface area contributed by atoms with Crippen LogP contribution in [0.15, 0.2) is 134 Å². The molecule has 0 unspecified atom stereocenters. The third-order valence-corrected chi connectivity index (χ3v) is 12.4. The number of hydrogen-bond acceptors (Lipinski definition) is 5. The molecule has 0 N–H and O–H groups in total. The van der Waals surface area contributed by atoms with Gasteiger partial charge in [0.15, 0.2) is 0 Å². The molecule has 4 heterocycles. The minimum absolute atomic E-state index is 0.893. The van der Waals surface area contributed by atoms with Crippen LogP contribution >= 0.6 is 34.0 Å². The van der Waals surface area contributed by atoms with E-state index in [4.69, 9.17) is 9.97 Å². The van der Waals surface area contributed by atoms with Crippen LogP contribution < -0.4 is 0 Å². The van der Waals surface area contributed by atoms with Crippen molar-refractivity contribution in [3.8, 4) is 33.5 Å². The number of aromatic nitrogens is 2. The van der Waals surface area contributed by atoms with Crippen LogP contribution in [0.2, 0.25) is 0 Å². The van der Waals surface area contributed by atoms with Gasteiger partial charge in [-0.1, -0.05) is 109 Å². The Morgan fingerprint density at radius 1 is 0.422 bits per heavy atom. The van der Waals surface area contributed by atoms with Gasteiger partial charge in [-0.25, -0.2) is 9.97 Å². The molecular formula is C40H22N2S3. The normalized spacial score (nSPS) is 12.0. The monoisotopic (exact) mass is 626 g/mol. The van der Waals surface area contributed by atoms with Gasteiger partial charge < -0.3 is 0 Å². The Bertz CT molecular complexity index is 2780. The molecule has 6 aromatic carbocycles. The molecular weight excluding hydrogens is 605 g/mol. The molecule has 45 heavy (non-hydrogen) atoms. The van der Waals surface area contributed by atoms with Crippen LogP contribution in [0.3, 0.4) is 0 Å². The lowest BCUT2D eigenvalue weighted by Gasteiger charge is -2.07. The fourth-order valence-electron chi connectivity index (χ4n) is 6.69. The lowest BCUT2D eigenvalue weighted by molar-refractivity contribution is 1.32. The lowest BCUT2D eigenvalue weighted by Crippen LogP contribution is -1.87. The topological polar surface area (TPSA) is 25.8 Å². The molecule has 5 heteroatoms. The van der Waals surface area contributed by atoms with E-state index in [1.807, 2.05) is 28.9 Å². The van der Waals surface area contributed by atoms with Crippen molar-refractivity contribution in [3.05, 3.63) is 134 Å². The molecule has 0 amide bonds. The zero-order chi connectivity index (χ0) is 29.5. The van der Waals surface area contributed by atoms with Gasteiger partial charge in [0.05, 0.1) is 11.9 Å². The molecule has 10 aromatic rings. The number of hydrogen-bond donors (Lipinski definition) is 0. The van der Waals surface area contributed by atoms with Crippen LogP contribution in [0.25, 0.3) is 94.3 Å². The summed E-state index contributed by atoms with van der Waals surface area (Å²) in [6.07, 6.45) is 1.93. The predicted molar refractivity (Wildman–Crippen MR) is 197 cm³/mol. The summed E-state index contributed by atoms with van der Waals surface area (Å²) < 4.78 is 6.53. The van der Waals surface area contributed by atoms with E-state index in [0.29, 0.717) is 0 Å². The maximum atomic E-state index is 5.25. The quantitative estimate of drug-likeness (QED) is 0.195. The summed E-state index contributed by atoms with van der Waals surface area (Å²) in [5.41, 5.74) is 7.90. The Morgan fingerprint density at radius 3 is 1.67 bits per heavy atom. The average Bonchev–Trinajstić information content (AvgIpc) is 3.79. The van der Waals surface area contributed by atoms with Crippen molar-refractivity contribution in [1.82, 2.24) is 9.97 Å². The summed E-state index contributed by atoms with van der Waals surface area (Å²) in [6, 6.07) is 46.0. The Hall–Kier alpha value is -4.94. The number of benzene rings is 6. The van der Waals surface area contributed by atoms with Gasteiger partial charge in [0.2, 0.25) is 0 Å². The van der Waals surface area contributed by atoms with E-state index in [1.165, 1.54) is 67.3 Å². The number of fused-ring (bicyclic) bond motifs is 9. The van der Waals surface area contributed by atoms with Crippen molar-refractivity contribution in [2.75, 3.05) is 0 Å². The molecule has 0 radical (unpaired) electrons. The van der Waals surface area contributed by atoms with Gasteiger partial charge in [-0.3, -0.25) is 0 Å². The molecule has 4 aromatic heterocycles. The third-order valence-electron chi connectivity index (χ3n) is 8.78. The highest BCUT2D eigenvalue weighted by molar-refractivity contribution is 7.27. The lowest BCUT2D eigenvalue weighted by atomic mass is 10.00. The van der Waals surface area contributed by atoms with Gasteiger partial charge in [-0.15, -0.1) is 34.0 Å². The molecule has 0 atom stereocenters. The van der Waals surface area contributed by atoms with E-state index < -0.39 is 0 Å². The third kappa shape index (κ3) is 3.85. The molecule has 0 aliphatic carbocycles. The Labute approximate surface area is 270 Å². The standard InChI is InChI=1S/C40H22N2S3/c1-3-19-34-26(11-1)28-14-6-13-25(37(28)43-34)23-9-5-10-24(21-23)33-22-41-40-36(42-33)32-18-8-17-31(39(32)45-40)30-16-7-15-29-27-12-2-4-20-35(27)44-38(29)30/h1-22H. The first-order valence-corrected chi connectivity index (χ1v) is 17.4. The molecule has 0 aliphatic heterocycles. The summed E-state index contributed by atoms with van der Waals surface area (Å²) in [7, 11) is 0. The van der Waals surface area contributed by atoms with Crippen LogP contribution in [0.5, 0.6) is 0 Å². The summed E-state index contributed by atoms with van der Waals surface area (Å²) in [4.78, 5) is 11.2. The highest BCUT2D eigenvalue weighted by Crippen LogP contribution is 2.45. The molecule has 2 nitrogen and oxygen atoms in total. The molecule has 0 aliphatic rings. The Morgan fingerprint density at radius 2 is 0.956 bits per heavy atom. The predicted octanol–water partition coefficient (Wildman–Crippen LogP) is 12.6. The summed E-state index contributed by atoms with van der Waals surface area (Å²) in [6.45, 7) is 0. The maximum absolute atomic E-state index is 5.25. The molecule has 0 saturated heterocycles. The smallest absolute Gasteiger partial charge is 0.143 e. The summed E-state index contributed by atoms with van der Waals surface area (Å²) >= 11 is 5.48. The summed E-state index contributed by atoms with van der Waals surface area (Å²) in [5.74, 6) is 0. The highest BCUT2D eigenvalue weighted by Gasteiger charge is 2.17. The van der Waals surface area contributed by atoms with E-state index in [2.05, 4.69) is 127 Å². The van der Waals surface area contributed by atoms with Gasteiger partial charge in [0, 0.05) is 67.1 Å². The Balaban J connectivity index is 1.12. The van der Waals surface area contributed by atoms with E-state index in [-0.39, 0.29) is 0 Å². The average molecular weight is 627 g/mol. The fourth-order valence-corrected chi connectivity index (χ4v) is 10.3. The first-order valence-electron chi connectivity index (χ1n) is 14.9. The van der Waals surface area contributed by atoms with Crippen LogP contribution in [-0.4, -0.2) is 9.97 Å². The highest BCUT2D eigenvalue weighted by atomic mass is 32.1. The van der Waals surface area contributed by atoms with E-state index >= 15 is 0 Å². The van der Waals surface area contributed by atoms with E-state index in [1.54, 1.807) is 11.3 Å². The molecule has 210 valence electrons. The van der Waals surface area contributed by atoms with Crippen LogP contribution in [-0.2, 0) is 0 Å². The van der Waals surface area contributed by atoms with Gasteiger partial charge >= 0.3 is 0 Å². The molecule has 0 spiro atoms. The molecule has 0 saturated carbocycles. The zero-order valence-corrected chi connectivity index (χ0v) is 26.3. The van der Waals surface area contributed by atoms with Crippen molar-refractivity contribution in [1.29, 1.82) is 0 Å². The van der Waals surface area contributed by atoms with Gasteiger partial charge in [0.25, 0.3) is 0 Å². The minimum Gasteiger partial charge on any atom is -0.243 e. The Kier molecular flexibility index (Phi) is 5.52. The van der Waals surface area contributed by atoms with Gasteiger partial charge in [-0.2, -0.15) is 0 Å². The second-order valence-corrected chi connectivity index (χ2v) is 14.4. The second-order valence-electron chi connectivity index (χ2n) is 11.3. The van der Waals surface area contributed by atoms with Crippen molar-refractivity contribution in [3.63, 3.8) is 0 Å². The molecule has 10 rings (SSSR count).